The minimum absolute atomic E-state index is 0.129. The Morgan fingerprint density at radius 3 is 2.46 bits per heavy atom. The molecule has 1 heterocycles. The van der Waals surface area contributed by atoms with Gasteiger partial charge < -0.3 is 15.5 Å². The quantitative estimate of drug-likeness (QED) is 0.868. The molecule has 5 nitrogen and oxygen atoms in total. The van der Waals surface area contributed by atoms with E-state index in [0.29, 0.717) is 13.0 Å². The summed E-state index contributed by atoms with van der Waals surface area (Å²) in [7, 11) is 0. The van der Waals surface area contributed by atoms with Crippen LogP contribution in [0.15, 0.2) is 42.5 Å². The van der Waals surface area contributed by atoms with Gasteiger partial charge in [0.15, 0.2) is 0 Å². The van der Waals surface area contributed by atoms with Crippen molar-refractivity contribution in [3.8, 4) is 0 Å². The van der Waals surface area contributed by atoms with Gasteiger partial charge in [0.05, 0.1) is 0 Å². The molecule has 2 aromatic carbocycles. The molecule has 0 aromatic heterocycles. The summed E-state index contributed by atoms with van der Waals surface area (Å²) in [5, 5.41) is 5.88. The van der Waals surface area contributed by atoms with Crippen LogP contribution in [0.2, 0.25) is 0 Å². The van der Waals surface area contributed by atoms with Crippen LogP contribution < -0.4 is 10.6 Å². The van der Waals surface area contributed by atoms with E-state index in [-0.39, 0.29) is 11.9 Å². The van der Waals surface area contributed by atoms with Crippen molar-refractivity contribution in [1.82, 2.24) is 4.90 Å². The topological polar surface area (TPSA) is 61.4 Å². The fourth-order valence-corrected chi connectivity index (χ4v) is 3.22. The van der Waals surface area contributed by atoms with Gasteiger partial charge in [-0.25, -0.2) is 4.79 Å². The molecule has 0 unspecified atom stereocenters. The molecule has 136 valence electrons. The van der Waals surface area contributed by atoms with Crippen LogP contribution in [0.25, 0.3) is 0 Å². The highest BCUT2D eigenvalue weighted by atomic mass is 16.2. The van der Waals surface area contributed by atoms with E-state index in [9.17, 15) is 9.59 Å². The molecule has 26 heavy (non-hydrogen) atoms. The van der Waals surface area contributed by atoms with E-state index in [2.05, 4.69) is 10.6 Å². The molecule has 1 saturated heterocycles. The second kappa shape index (κ2) is 7.60. The standard InChI is InChI=1S/C21H25N3O2/c1-14-9-11-17(12-10-14)22-21(26)24-13-5-8-19(24)20(25)23-18-7-4-6-15(2)16(18)3/h4,6-7,9-12,19H,5,8,13H2,1-3H3,(H,22,26)(H,23,25)/t19-/m1/s1. The summed E-state index contributed by atoms with van der Waals surface area (Å²) in [6.45, 7) is 6.59. The van der Waals surface area contributed by atoms with E-state index < -0.39 is 6.04 Å². The highest BCUT2D eigenvalue weighted by molar-refractivity contribution is 6.00. The molecule has 1 fully saturated rings. The van der Waals surface area contributed by atoms with Crippen molar-refractivity contribution in [3.05, 3.63) is 59.2 Å². The number of carbonyl (C=O) groups excluding carboxylic acids is 2. The Morgan fingerprint density at radius 2 is 1.73 bits per heavy atom. The number of amides is 3. The number of hydrogen-bond acceptors (Lipinski definition) is 2. The van der Waals surface area contributed by atoms with Crippen LogP contribution >= 0.6 is 0 Å². The van der Waals surface area contributed by atoms with Gasteiger partial charge in [-0.3, -0.25) is 4.79 Å². The van der Waals surface area contributed by atoms with E-state index >= 15 is 0 Å². The largest absolute Gasteiger partial charge is 0.324 e. The van der Waals surface area contributed by atoms with Crippen molar-refractivity contribution in [2.24, 2.45) is 0 Å². The molecule has 1 atom stereocenters. The monoisotopic (exact) mass is 351 g/mol. The zero-order chi connectivity index (χ0) is 18.7. The molecule has 0 aliphatic carbocycles. The molecule has 3 rings (SSSR count). The van der Waals surface area contributed by atoms with Crippen LogP contribution in [0.4, 0.5) is 16.2 Å². The van der Waals surface area contributed by atoms with E-state index in [1.54, 1.807) is 4.90 Å². The second-order valence-electron chi connectivity index (χ2n) is 6.88. The molecule has 5 heteroatoms. The Labute approximate surface area is 154 Å². The van der Waals surface area contributed by atoms with E-state index in [1.165, 1.54) is 0 Å². The number of nitrogens with zero attached hydrogens (tertiary/aromatic N) is 1. The van der Waals surface area contributed by atoms with Crippen molar-refractivity contribution in [1.29, 1.82) is 0 Å². The lowest BCUT2D eigenvalue weighted by Gasteiger charge is -2.24. The number of likely N-dealkylation sites (tertiary alicyclic amines) is 1. The highest BCUT2D eigenvalue weighted by Crippen LogP contribution is 2.23. The van der Waals surface area contributed by atoms with Crippen LogP contribution in [-0.4, -0.2) is 29.4 Å². The maximum absolute atomic E-state index is 12.8. The summed E-state index contributed by atoms with van der Waals surface area (Å²) in [5.74, 6) is -0.129. The van der Waals surface area contributed by atoms with Gasteiger partial charge in [-0.2, -0.15) is 0 Å². The predicted octanol–water partition coefficient (Wildman–Crippen LogP) is 4.25. The third kappa shape index (κ3) is 3.87. The zero-order valence-electron chi connectivity index (χ0n) is 15.5. The predicted molar refractivity (Wildman–Crippen MR) is 104 cm³/mol. The summed E-state index contributed by atoms with van der Waals surface area (Å²) < 4.78 is 0. The average molecular weight is 351 g/mol. The van der Waals surface area contributed by atoms with Crippen LogP contribution in [0.5, 0.6) is 0 Å². The summed E-state index contributed by atoms with van der Waals surface area (Å²) >= 11 is 0. The Bertz CT molecular complexity index is 815. The fraction of sp³-hybridized carbons (Fsp3) is 0.333. The first-order valence-corrected chi connectivity index (χ1v) is 8.97. The molecule has 0 bridgehead atoms. The molecule has 1 aliphatic rings. The van der Waals surface area contributed by atoms with E-state index in [0.717, 1.165) is 34.5 Å². The first kappa shape index (κ1) is 18.0. The fourth-order valence-electron chi connectivity index (χ4n) is 3.22. The maximum atomic E-state index is 12.8. The molecule has 3 amide bonds. The molecule has 0 saturated carbocycles. The summed E-state index contributed by atoms with van der Waals surface area (Å²) in [6, 6.07) is 12.8. The Morgan fingerprint density at radius 1 is 1.00 bits per heavy atom. The summed E-state index contributed by atoms with van der Waals surface area (Å²) in [6.07, 6.45) is 1.50. The number of carbonyl (C=O) groups is 2. The van der Waals surface area contributed by atoms with E-state index in [1.807, 2.05) is 63.2 Å². The SMILES string of the molecule is Cc1ccc(NC(=O)N2CCC[C@@H]2C(=O)Nc2cccc(C)c2C)cc1. The summed E-state index contributed by atoms with van der Waals surface area (Å²) in [4.78, 5) is 27.0. The lowest BCUT2D eigenvalue weighted by atomic mass is 10.1. The Kier molecular flexibility index (Phi) is 5.26. The van der Waals surface area contributed by atoms with Gasteiger partial charge >= 0.3 is 6.03 Å². The number of anilines is 2. The molecule has 0 radical (unpaired) electrons. The third-order valence-electron chi connectivity index (χ3n) is 4.98. The van der Waals surface area contributed by atoms with Gasteiger partial charge in [0.2, 0.25) is 5.91 Å². The van der Waals surface area contributed by atoms with Crippen molar-refractivity contribution >= 4 is 23.3 Å². The molecular formula is C21H25N3O2. The molecule has 0 spiro atoms. The maximum Gasteiger partial charge on any atom is 0.322 e. The number of benzene rings is 2. The van der Waals surface area contributed by atoms with Gasteiger partial charge in [-0.05, 0) is 62.9 Å². The molecule has 2 aromatic rings. The lowest BCUT2D eigenvalue weighted by molar-refractivity contribution is -0.119. The normalized spacial score (nSPS) is 16.4. The second-order valence-corrected chi connectivity index (χ2v) is 6.88. The van der Waals surface area contributed by atoms with Gasteiger partial charge in [0.1, 0.15) is 6.04 Å². The summed E-state index contributed by atoms with van der Waals surface area (Å²) in [5.41, 5.74) is 4.86. The Hall–Kier alpha value is -2.82. The van der Waals surface area contributed by atoms with Crippen molar-refractivity contribution in [2.75, 3.05) is 17.2 Å². The van der Waals surface area contributed by atoms with Crippen molar-refractivity contribution in [3.63, 3.8) is 0 Å². The first-order valence-electron chi connectivity index (χ1n) is 8.97. The number of nitrogens with one attached hydrogen (secondary N) is 2. The zero-order valence-corrected chi connectivity index (χ0v) is 15.5. The van der Waals surface area contributed by atoms with Crippen LogP contribution in [-0.2, 0) is 4.79 Å². The Balaban J connectivity index is 1.68. The average Bonchev–Trinajstić information content (AvgIpc) is 3.11. The molecule has 2 N–H and O–H groups in total. The smallest absolute Gasteiger partial charge is 0.322 e. The van der Waals surface area contributed by atoms with Crippen molar-refractivity contribution < 1.29 is 9.59 Å². The van der Waals surface area contributed by atoms with Crippen LogP contribution in [0, 0.1) is 20.8 Å². The third-order valence-corrected chi connectivity index (χ3v) is 4.98. The number of urea groups is 1. The van der Waals surface area contributed by atoms with Crippen LogP contribution in [0.3, 0.4) is 0 Å². The van der Waals surface area contributed by atoms with Gasteiger partial charge in [-0.15, -0.1) is 0 Å². The van der Waals surface area contributed by atoms with Gasteiger partial charge in [-0.1, -0.05) is 29.8 Å². The van der Waals surface area contributed by atoms with Crippen LogP contribution in [0.1, 0.15) is 29.5 Å². The number of aryl methyl sites for hydroxylation is 2. The highest BCUT2D eigenvalue weighted by Gasteiger charge is 2.34. The number of rotatable bonds is 3. The van der Waals surface area contributed by atoms with E-state index in [4.69, 9.17) is 0 Å². The molecule has 1 aliphatic heterocycles. The minimum Gasteiger partial charge on any atom is -0.324 e. The molecular weight excluding hydrogens is 326 g/mol. The lowest BCUT2D eigenvalue weighted by Crippen LogP contribution is -2.45. The number of hydrogen-bond donors (Lipinski definition) is 2. The van der Waals surface area contributed by atoms with Gasteiger partial charge in [0.25, 0.3) is 0 Å². The first-order chi connectivity index (χ1) is 12.5. The minimum atomic E-state index is -0.444. The van der Waals surface area contributed by atoms with Crippen molar-refractivity contribution in [2.45, 2.75) is 39.7 Å². The van der Waals surface area contributed by atoms with Gasteiger partial charge in [0, 0.05) is 17.9 Å².